The van der Waals surface area contributed by atoms with Crippen molar-refractivity contribution in [1.29, 1.82) is 0 Å². The zero-order chi connectivity index (χ0) is 17.7. The van der Waals surface area contributed by atoms with Gasteiger partial charge in [-0.15, -0.1) is 0 Å². The van der Waals surface area contributed by atoms with Crippen molar-refractivity contribution < 1.29 is 13.2 Å². The highest BCUT2D eigenvalue weighted by atomic mass is 35.5. The van der Waals surface area contributed by atoms with E-state index in [-0.39, 0.29) is 23.9 Å². The van der Waals surface area contributed by atoms with Crippen LogP contribution in [0.15, 0.2) is 47.4 Å². The quantitative estimate of drug-likeness (QED) is 0.772. The Morgan fingerprint density at radius 2 is 1.83 bits per heavy atom. The van der Waals surface area contributed by atoms with Gasteiger partial charge in [-0.25, -0.2) is 13.1 Å². The molecule has 0 radical (unpaired) electrons. The van der Waals surface area contributed by atoms with Gasteiger partial charge in [-0.05, 0) is 43.7 Å². The van der Waals surface area contributed by atoms with E-state index in [9.17, 15) is 13.2 Å². The molecule has 0 spiro atoms. The van der Waals surface area contributed by atoms with E-state index in [0.29, 0.717) is 10.6 Å². The molecule has 0 aromatic heterocycles. The fourth-order valence-corrected chi connectivity index (χ4v) is 3.57. The van der Waals surface area contributed by atoms with E-state index in [4.69, 9.17) is 11.6 Å². The van der Waals surface area contributed by atoms with Gasteiger partial charge < -0.3 is 5.32 Å². The van der Waals surface area contributed by atoms with Crippen LogP contribution in [0.5, 0.6) is 0 Å². The molecule has 0 atom stereocenters. The van der Waals surface area contributed by atoms with Crippen LogP contribution in [0.3, 0.4) is 0 Å². The van der Waals surface area contributed by atoms with Crippen molar-refractivity contribution in [3.63, 3.8) is 0 Å². The first kappa shape index (κ1) is 18.4. The number of hydrogen-bond donors (Lipinski definition) is 2. The van der Waals surface area contributed by atoms with Crippen LogP contribution in [-0.2, 0) is 10.0 Å². The van der Waals surface area contributed by atoms with Crippen molar-refractivity contribution in [3.8, 4) is 0 Å². The van der Waals surface area contributed by atoms with E-state index in [1.54, 1.807) is 18.2 Å². The third-order valence-corrected chi connectivity index (χ3v) is 5.13. The van der Waals surface area contributed by atoms with E-state index in [1.807, 2.05) is 26.0 Å². The number of benzene rings is 2. The van der Waals surface area contributed by atoms with Crippen LogP contribution < -0.4 is 10.0 Å². The minimum atomic E-state index is -3.64. The number of carbonyl (C=O) groups is 1. The second kappa shape index (κ2) is 7.79. The Hall–Kier alpha value is -1.89. The topological polar surface area (TPSA) is 75.3 Å². The van der Waals surface area contributed by atoms with Crippen LogP contribution in [-0.4, -0.2) is 27.4 Å². The summed E-state index contributed by atoms with van der Waals surface area (Å²) in [7, 11) is -3.64. The van der Waals surface area contributed by atoms with Crippen LogP contribution in [0.4, 0.5) is 0 Å². The lowest BCUT2D eigenvalue weighted by Gasteiger charge is -2.10. The molecule has 0 bridgehead atoms. The Morgan fingerprint density at radius 3 is 2.50 bits per heavy atom. The predicted molar refractivity (Wildman–Crippen MR) is 94.9 cm³/mol. The molecule has 0 unspecified atom stereocenters. The van der Waals surface area contributed by atoms with E-state index in [1.165, 1.54) is 12.1 Å². The zero-order valence-electron chi connectivity index (χ0n) is 13.5. The van der Waals surface area contributed by atoms with Crippen molar-refractivity contribution in [1.82, 2.24) is 10.0 Å². The summed E-state index contributed by atoms with van der Waals surface area (Å²) in [4.78, 5) is 12.2. The van der Waals surface area contributed by atoms with Gasteiger partial charge in [-0.3, -0.25) is 4.79 Å². The summed E-state index contributed by atoms with van der Waals surface area (Å²) >= 11 is 5.80. The molecule has 0 aliphatic rings. The molecular formula is C17H19ClN2O3S. The Balaban J connectivity index is 1.89. The number of carbonyl (C=O) groups excluding carboxylic acids is 1. The fourth-order valence-electron chi connectivity index (χ4n) is 2.24. The van der Waals surface area contributed by atoms with Gasteiger partial charge in [-0.2, -0.15) is 0 Å². The van der Waals surface area contributed by atoms with Gasteiger partial charge in [0.1, 0.15) is 0 Å². The average molecular weight is 367 g/mol. The lowest BCUT2D eigenvalue weighted by molar-refractivity contribution is 0.0953. The minimum absolute atomic E-state index is 0.0888. The van der Waals surface area contributed by atoms with Crippen LogP contribution in [0.25, 0.3) is 0 Å². The first-order valence-electron chi connectivity index (χ1n) is 7.40. The highest BCUT2D eigenvalue weighted by molar-refractivity contribution is 7.89. The summed E-state index contributed by atoms with van der Waals surface area (Å²) in [5.41, 5.74) is 2.55. The molecule has 1 amide bonds. The van der Waals surface area contributed by atoms with Gasteiger partial charge in [0.2, 0.25) is 10.0 Å². The Kier molecular flexibility index (Phi) is 5.99. The summed E-state index contributed by atoms with van der Waals surface area (Å²) in [6, 6.07) is 11.6. The molecule has 0 aliphatic carbocycles. The molecule has 2 rings (SSSR count). The Labute approximate surface area is 147 Å². The molecule has 0 aliphatic heterocycles. The maximum Gasteiger partial charge on any atom is 0.251 e. The SMILES string of the molecule is Cc1ccc(C(=O)NCCNS(=O)(=O)c2cccc(Cl)c2)c(C)c1. The Bertz CT molecular complexity index is 851. The Morgan fingerprint density at radius 1 is 1.08 bits per heavy atom. The molecule has 7 heteroatoms. The highest BCUT2D eigenvalue weighted by Gasteiger charge is 2.14. The maximum absolute atomic E-state index is 12.1. The predicted octanol–water partition coefficient (Wildman–Crippen LogP) is 2.67. The summed E-state index contributed by atoms with van der Waals surface area (Å²) < 4.78 is 26.6. The van der Waals surface area contributed by atoms with Gasteiger partial charge in [0.25, 0.3) is 5.91 Å². The monoisotopic (exact) mass is 366 g/mol. The van der Waals surface area contributed by atoms with Gasteiger partial charge in [0.05, 0.1) is 4.90 Å². The first-order valence-corrected chi connectivity index (χ1v) is 9.26. The maximum atomic E-state index is 12.1. The van der Waals surface area contributed by atoms with Gasteiger partial charge in [-0.1, -0.05) is 35.4 Å². The van der Waals surface area contributed by atoms with Crippen molar-refractivity contribution >= 4 is 27.5 Å². The molecule has 2 N–H and O–H groups in total. The molecule has 2 aromatic rings. The summed E-state index contributed by atoms with van der Waals surface area (Å²) in [5, 5.41) is 3.05. The van der Waals surface area contributed by atoms with E-state index < -0.39 is 10.0 Å². The number of amides is 1. The standard InChI is InChI=1S/C17H19ClN2O3S/c1-12-6-7-16(13(2)10-12)17(21)19-8-9-20-24(22,23)15-5-3-4-14(18)11-15/h3-7,10-11,20H,8-9H2,1-2H3,(H,19,21). The van der Waals surface area contributed by atoms with Crippen molar-refractivity contribution in [3.05, 3.63) is 64.2 Å². The number of hydrogen-bond acceptors (Lipinski definition) is 3. The lowest BCUT2D eigenvalue weighted by atomic mass is 10.1. The highest BCUT2D eigenvalue weighted by Crippen LogP contribution is 2.15. The molecule has 0 fully saturated rings. The second-order valence-corrected chi connectivity index (χ2v) is 7.63. The molecular weight excluding hydrogens is 348 g/mol. The molecule has 0 saturated heterocycles. The van der Waals surface area contributed by atoms with Crippen molar-refractivity contribution in [2.45, 2.75) is 18.7 Å². The lowest BCUT2D eigenvalue weighted by Crippen LogP contribution is -2.35. The van der Waals surface area contributed by atoms with Gasteiger partial charge in [0.15, 0.2) is 0 Å². The normalized spacial score (nSPS) is 11.3. The third-order valence-electron chi connectivity index (χ3n) is 3.44. The number of nitrogens with one attached hydrogen (secondary N) is 2. The van der Waals surface area contributed by atoms with Crippen LogP contribution in [0, 0.1) is 13.8 Å². The van der Waals surface area contributed by atoms with Gasteiger partial charge in [0, 0.05) is 23.7 Å². The summed E-state index contributed by atoms with van der Waals surface area (Å²) in [6.07, 6.45) is 0. The largest absolute Gasteiger partial charge is 0.351 e. The molecule has 0 saturated carbocycles. The summed E-state index contributed by atoms with van der Waals surface area (Å²) in [5.74, 6) is -0.227. The molecule has 24 heavy (non-hydrogen) atoms. The van der Waals surface area contributed by atoms with Gasteiger partial charge >= 0.3 is 0 Å². The number of aryl methyl sites for hydroxylation is 2. The van der Waals surface area contributed by atoms with Crippen LogP contribution in [0.2, 0.25) is 5.02 Å². The smallest absolute Gasteiger partial charge is 0.251 e. The van der Waals surface area contributed by atoms with Crippen molar-refractivity contribution in [2.24, 2.45) is 0 Å². The number of halogens is 1. The molecule has 5 nitrogen and oxygen atoms in total. The minimum Gasteiger partial charge on any atom is -0.351 e. The van der Waals surface area contributed by atoms with Crippen LogP contribution >= 0.6 is 11.6 Å². The third kappa shape index (κ3) is 4.80. The molecule has 128 valence electrons. The van der Waals surface area contributed by atoms with E-state index in [0.717, 1.165) is 11.1 Å². The van der Waals surface area contributed by atoms with Crippen LogP contribution in [0.1, 0.15) is 21.5 Å². The van der Waals surface area contributed by atoms with Crippen molar-refractivity contribution in [2.75, 3.05) is 13.1 Å². The number of rotatable bonds is 6. The average Bonchev–Trinajstić information content (AvgIpc) is 2.51. The van der Waals surface area contributed by atoms with E-state index >= 15 is 0 Å². The number of sulfonamides is 1. The first-order chi connectivity index (χ1) is 11.3. The van der Waals surface area contributed by atoms with E-state index in [2.05, 4.69) is 10.0 Å². The molecule has 0 heterocycles. The zero-order valence-corrected chi connectivity index (χ0v) is 15.0. The molecule has 2 aromatic carbocycles. The second-order valence-electron chi connectivity index (χ2n) is 5.43. The summed E-state index contributed by atoms with van der Waals surface area (Å²) in [6.45, 7) is 4.10. The fraction of sp³-hybridized carbons (Fsp3) is 0.235.